The topological polar surface area (TPSA) is 89.5 Å². The minimum atomic E-state index is -3.69. The molecule has 3 aliphatic rings. The molecule has 3 rings (SSSR count). The minimum absolute atomic E-state index is 0.282. The van der Waals surface area contributed by atoms with Crippen LogP contribution in [0.3, 0.4) is 0 Å². The van der Waals surface area contributed by atoms with Gasteiger partial charge in [0, 0.05) is 0 Å². The molecule has 3 fully saturated rings. The maximum absolute atomic E-state index is 11.6. The van der Waals surface area contributed by atoms with E-state index in [1.807, 2.05) is 0 Å². The lowest BCUT2D eigenvalue weighted by Crippen LogP contribution is -2.45. The van der Waals surface area contributed by atoms with Crippen LogP contribution in [0.15, 0.2) is 0 Å². The average molecular weight is 338 g/mol. The molecule has 0 aliphatic carbocycles. The summed E-state index contributed by atoms with van der Waals surface area (Å²) < 4.78 is 56.8. The third kappa shape index (κ3) is 3.30. The van der Waals surface area contributed by atoms with Gasteiger partial charge in [-0.2, -0.15) is 8.42 Å². The predicted molar refractivity (Wildman–Crippen MR) is 73.3 cm³/mol. The van der Waals surface area contributed by atoms with E-state index in [1.165, 1.54) is 0 Å². The largest absolute Gasteiger partial charge is 0.348 e. The molecule has 128 valence electrons. The van der Waals surface area contributed by atoms with Gasteiger partial charge in [0.25, 0.3) is 10.1 Å². The number of rotatable bonds is 3. The van der Waals surface area contributed by atoms with Crippen LogP contribution in [-0.4, -0.2) is 63.6 Å². The summed E-state index contributed by atoms with van der Waals surface area (Å²) in [6.07, 6.45) is -2.29. The normalized spacial score (nSPS) is 43.4. The molecule has 0 radical (unpaired) electrons. The Balaban J connectivity index is 1.81. The van der Waals surface area contributed by atoms with Crippen molar-refractivity contribution in [3.63, 3.8) is 0 Å². The van der Waals surface area contributed by atoms with Crippen molar-refractivity contribution in [1.29, 1.82) is 0 Å². The smallest absolute Gasteiger partial charge is 0.264 e. The Morgan fingerprint density at radius 3 is 2.23 bits per heavy atom. The Hall–Kier alpha value is -0.290. The molecule has 0 aromatic carbocycles. The van der Waals surface area contributed by atoms with Crippen LogP contribution in [0.5, 0.6) is 0 Å². The Morgan fingerprint density at radius 2 is 1.68 bits per heavy atom. The molecule has 0 saturated carbocycles. The number of fused-ring (bicyclic) bond motifs is 1. The fourth-order valence-electron chi connectivity index (χ4n) is 2.99. The first-order valence-corrected chi connectivity index (χ1v) is 8.99. The van der Waals surface area contributed by atoms with Gasteiger partial charge >= 0.3 is 0 Å². The average Bonchev–Trinajstić information content (AvgIpc) is 2.89. The van der Waals surface area contributed by atoms with Crippen LogP contribution in [0, 0.1) is 0 Å². The van der Waals surface area contributed by atoms with Gasteiger partial charge in [0.05, 0.1) is 12.9 Å². The molecule has 0 spiro atoms. The summed E-state index contributed by atoms with van der Waals surface area (Å²) in [4.78, 5) is 0. The van der Waals surface area contributed by atoms with Gasteiger partial charge in [-0.15, -0.1) is 0 Å². The molecule has 3 heterocycles. The second kappa shape index (κ2) is 5.10. The first kappa shape index (κ1) is 16.6. The van der Waals surface area contributed by atoms with E-state index in [4.69, 9.17) is 27.9 Å². The number of hydrogen-bond donors (Lipinski definition) is 0. The molecular weight excluding hydrogens is 316 g/mol. The van der Waals surface area contributed by atoms with Gasteiger partial charge in [-0.25, -0.2) is 0 Å². The van der Waals surface area contributed by atoms with E-state index in [0.717, 1.165) is 6.26 Å². The molecule has 9 heteroatoms. The highest BCUT2D eigenvalue weighted by molar-refractivity contribution is 7.86. The summed E-state index contributed by atoms with van der Waals surface area (Å²) in [6, 6.07) is 0. The van der Waals surface area contributed by atoms with Gasteiger partial charge in [0.2, 0.25) is 0 Å². The summed E-state index contributed by atoms with van der Waals surface area (Å²) in [7, 11) is -3.69. The molecular formula is C13H22O8S. The summed E-state index contributed by atoms with van der Waals surface area (Å²) in [5.41, 5.74) is 0. The summed E-state index contributed by atoms with van der Waals surface area (Å²) in [6.45, 7) is 7.32. The standard InChI is InChI=1S/C13H22O8S/c1-12(2)16-6-7(18-12)8-9(21-22(5,14)15)10-11(17-8)20-13(3,4)19-10/h7-11H,6H2,1-5H3/t7-,8-,9+,10+,11+/m0/s1. The van der Waals surface area contributed by atoms with Crippen molar-refractivity contribution in [2.45, 2.75) is 70.0 Å². The molecule has 0 bridgehead atoms. The Bertz CT molecular complexity index is 542. The van der Waals surface area contributed by atoms with Crippen LogP contribution >= 0.6 is 0 Å². The maximum Gasteiger partial charge on any atom is 0.264 e. The number of hydrogen-bond acceptors (Lipinski definition) is 8. The zero-order valence-corrected chi connectivity index (χ0v) is 14.1. The summed E-state index contributed by atoms with van der Waals surface area (Å²) >= 11 is 0. The van der Waals surface area contributed by atoms with E-state index in [2.05, 4.69) is 0 Å². The minimum Gasteiger partial charge on any atom is -0.348 e. The van der Waals surface area contributed by atoms with Crippen LogP contribution in [0.25, 0.3) is 0 Å². The lowest BCUT2D eigenvalue weighted by atomic mass is 10.1. The van der Waals surface area contributed by atoms with Crippen LogP contribution in [-0.2, 0) is 38.0 Å². The monoisotopic (exact) mass is 338 g/mol. The zero-order valence-electron chi connectivity index (χ0n) is 13.3. The fourth-order valence-corrected chi connectivity index (χ4v) is 3.61. The SMILES string of the molecule is CC1(C)O[C@H]2O[C@@H]([C@@H]3COC(C)(C)O3)[C@@H](OS(C)(=O)=O)[C@H]2O1. The van der Waals surface area contributed by atoms with Gasteiger partial charge in [0.15, 0.2) is 17.9 Å². The molecule has 0 aromatic heterocycles. The van der Waals surface area contributed by atoms with Crippen molar-refractivity contribution in [3.05, 3.63) is 0 Å². The molecule has 3 aliphatic heterocycles. The maximum atomic E-state index is 11.6. The van der Waals surface area contributed by atoms with E-state index in [-0.39, 0.29) is 6.61 Å². The summed E-state index contributed by atoms with van der Waals surface area (Å²) in [5, 5.41) is 0. The molecule has 0 N–H and O–H groups in total. The van der Waals surface area contributed by atoms with Crippen molar-refractivity contribution in [1.82, 2.24) is 0 Å². The predicted octanol–water partition coefficient (Wildman–Crippen LogP) is 0.359. The van der Waals surface area contributed by atoms with Crippen molar-refractivity contribution >= 4 is 10.1 Å². The van der Waals surface area contributed by atoms with Crippen molar-refractivity contribution in [2.24, 2.45) is 0 Å². The number of ether oxygens (including phenoxy) is 5. The molecule has 0 unspecified atom stereocenters. The van der Waals surface area contributed by atoms with Gasteiger partial charge in [-0.1, -0.05) is 0 Å². The Morgan fingerprint density at radius 1 is 1.00 bits per heavy atom. The first-order valence-electron chi connectivity index (χ1n) is 7.17. The lowest BCUT2D eigenvalue weighted by Gasteiger charge is -2.28. The van der Waals surface area contributed by atoms with E-state index in [1.54, 1.807) is 27.7 Å². The van der Waals surface area contributed by atoms with Gasteiger partial charge in [0.1, 0.15) is 24.4 Å². The molecule has 3 saturated heterocycles. The Labute approximate surface area is 130 Å². The third-order valence-corrected chi connectivity index (χ3v) is 4.28. The van der Waals surface area contributed by atoms with Crippen LogP contribution < -0.4 is 0 Å². The molecule has 5 atom stereocenters. The molecule has 22 heavy (non-hydrogen) atoms. The van der Waals surface area contributed by atoms with Crippen LogP contribution in [0.4, 0.5) is 0 Å². The quantitative estimate of drug-likeness (QED) is 0.682. The summed E-state index contributed by atoms with van der Waals surface area (Å²) in [5.74, 6) is -1.60. The zero-order chi connectivity index (χ0) is 16.3. The van der Waals surface area contributed by atoms with Crippen molar-refractivity contribution in [2.75, 3.05) is 12.9 Å². The fraction of sp³-hybridized carbons (Fsp3) is 1.00. The van der Waals surface area contributed by atoms with E-state index >= 15 is 0 Å². The third-order valence-electron chi connectivity index (χ3n) is 3.71. The van der Waals surface area contributed by atoms with E-state index < -0.39 is 52.4 Å². The van der Waals surface area contributed by atoms with Crippen LogP contribution in [0.1, 0.15) is 27.7 Å². The van der Waals surface area contributed by atoms with Crippen LogP contribution in [0.2, 0.25) is 0 Å². The van der Waals surface area contributed by atoms with Crippen molar-refractivity contribution < 1.29 is 36.3 Å². The van der Waals surface area contributed by atoms with Gasteiger partial charge in [-0.05, 0) is 27.7 Å². The second-order valence-electron chi connectivity index (χ2n) is 6.70. The van der Waals surface area contributed by atoms with E-state index in [0.29, 0.717) is 0 Å². The second-order valence-corrected chi connectivity index (χ2v) is 8.30. The lowest BCUT2D eigenvalue weighted by molar-refractivity contribution is -0.230. The van der Waals surface area contributed by atoms with Crippen molar-refractivity contribution in [3.8, 4) is 0 Å². The Kier molecular flexibility index (Phi) is 3.84. The molecule has 0 amide bonds. The first-order chi connectivity index (χ1) is 9.96. The molecule has 0 aromatic rings. The van der Waals surface area contributed by atoms with Gasteiger partial charge in [-0.3, -0.25) is 4.18 Å². The highest BCUT2D eigenvalue weighted by Gasteiger charge is 2.59. The highest BCUT2D eigenvalue weighted by atomic mass is 32.2. The van der Waals surface area contributed by atoms with E-state index in [9.17, 15) is 8.42 Å². The highest BCUT2D eigenvalue weighted by Crippen LogP contribution is 2.42. The van der Waals surface area contributed by atoms with Gasteiger partial charge < -0.3 is 23.7 Å². The molecule has 8 nitrogen and oxygen atoms in total.